The van der Waals surface area contributed by atoms with Crippen LogP contribution in [0.2, 0.25) is 0 Å². The Morgan fingerprint density at radius 3 is 2.67 bits per heavy atom. The molecule has 0 aromatic carbocycles. The highest BCUT2D eigenvalue weighted by Crippen LogP contribution is 2.36. The molecule has 1 fully saturated rings. The highest BCUT2D eigenvalue weighted by Gasteiger charge is 2.34. The summed E-state index contributed by atoms with van der Waals surface area (Å²) in [4.78, 5) is 11.0. The van der Waals surface area contributed by atoms with Gasteiger partial charge in [0, 0.05) is 19.0 Å². The number of likely N-dealkylation sites (N-methyl/N-ethyl adjacent to an activating group) is 1. The molecule has 2 atom stereocenters. The Morgan fingerprint density at radius 2 is 2.10 bits per heavy atom. The van der Waals surface area contributed by atoms with E-state index in [0.29, 0.717) is 5.69 Å². The van der Waals surface area contributed by atoms with Gasteiger partial charge >= 0.3 is 5.69 Å². The van der Waals surface area contributed by atoms with E-state index in [1.807, 2.05) is 20.9 Å². The number of nitro groups is 1. The highest BCUT2D eigenvalue weighted by molar-refractivity contribution is 5.47. The molecule has 0 radical (unpaired) electrons. The maximum absolute atomic E-state index is 11.4. The molecule has 7 heteroatoms. The molecule has 1 aliphatic carbocycles. The fourth-order valence-corrected chi connectivity index (χ4v) is 2.92. The molecule has 2 unspecified atom stereocenters. The average molecular weight is 296 g/mol. The first kappa shape index (κ1) is 15.8. The van der Waals surface area contributed by atoms with E-state index in [2.05, 4.69) is 10.4 Å². The van der Waals surface area contributed by atoms with Gasteiger partial charge in [0.25, 0.3) is 5.88 Å². The molecule has 2 rings (SSSR count). The lowest BCUT2D eigenvalue weighted by molar-refractivity contribution is -0.387. The third-order valence-electron chi connectivity index (χ3n) is 4.06. The number of hydrogen-bond donors (Lipinski definition) is 1. The molecule has 118 valence electrons. The number of ether oxygens (including phenoxy) is 1. The molecule has 1 saturated carbocycles. The third kappa shape index (κ3) is 3.18. The fraction of sp³-hybridized carbons (Fsp3) is 0.786. The van der Waals surface area contributed by atoms with Gasteiger partial charge in [-0.25, -0.2) is 4.68 Å². The predicted octanol–water partition coefficient (Wildman–Crippen LogP) is 2.36. The number of aromatic nitrogens is 2. The summed E-state index contributed by atoms with van der Waals surface area (Å²) >= 11 is 0. The fourth-order valence-electron chi connectivity index (χ4n) is 2.92. The van der Waals surface area contributed by atoms with Crippen molar-refractivity contribution >= 4 is 5.69 Å². The van der Waals surface area contributed by atoms with Gasteiger partial charge in [-0.05, 0) is 26.3 Å². The second kappa shape index (κ2) is 6.43. The van der Waals surface area contributed by atoms with Crippen LogP contribution in [0.4, 0.5) is 5.69 Å². The molecule has 0 amide bonds. The highest BCUT2D eigenvalue weighted by atomic mass is 16.6. The minimum atomic E-state index is -0.380. The number of hydrogen-bond acceptors (Lipinski definition) is 5. The molecule has 1 heterocycles. The van der Waals surface area contributed by atoms with Crippen molar-refractivity contribution < 1.29 is 9.66 Å². The number of nitrogens with zero attached hydrogens (tertiary/aromatic N) is 3. The average Bonchev–Trinajstić information content (AvgIpc) is 2.77. The summed E-state index contributed by atoms with van der Waals surface area (Å²) in [5, 5.41) is 18.9. The molecule has 21 heavy (non-hydrogen) atoms. The summed E-state index contributed by atoms with van der Waals surface area (Å²) in [6, 6.07) is 0.232. The maximum atomic E-state index is 11.4. The van der Waals surface area contributed by atoms with Gasteiger partial charge in [0.05, 0.1) is 4.92 Å². The van der Waals surface area contributed by atoms with Crippen LogP contribution in [0.3, 0.4) is 0 Å². The normalized spacial score (nSPS) is 22.5. The van der Waals surface area contributed by atoms with Gasteiger partial charge in [0.2, 0.25) is 0 Å². The van der Waals surface area contributed by atoms with Crippen LogP contribution in [0, 0.1) is 10.1 Å². The lowest BCUT2D eigenvalue weighted by Crippen LogP contribution is -2.43. The molecular weight excluding hydrogens is 272 g/mol. The molecule has 7 nitrogen and oxygen atoms in total. The first-order valence-corrected chi connectivity index (χ1v) is 7.50. The Hall–Kier alpha value is -1.63. The van der Waals surface area contributed by atoms with Crippen molar-refractivity contribution in [2.75, 3.05) is 7.05 Å². The van der Waals surface area contributed by atoms with Gasteiger partial charge in [0.15, 0.2) is 0 Å². The van der Waals surface area contributed by atoms with Crippen molar-refractivity contribution in [3.8, 4) is 5.88 Å². The smallest absolute Gasteiger partial charge is 0.353 e. The second-order valence-electron chi connectivity index (χ2n) is 5.91. The zero-order chi connectivity index (χ0) is 15.6. The van der Waals surface area contributed by atoms with Crippen LogP contribution in [0.1, 0.15) is 51.1 Å². The second-order valence-corrected chi connectivity index (χ2v) is 5.91. The van der Waals surface area contributed by atoms with Crippen LogP contribution in [0.15, 0.2) is 0 Å². The largest absolute Gasteiger partial charge is 0.468 e. The van der Waals surface area contributed by atoms with Crippen LogP contribution in [0.25, 0.3) is 0 Å². The Morgan fingerprint density at radius 1 is 1.43 bits per heavy atom. The van der Waals surface area contributed by atoms with Gasteiger partial charge in [-0.1, -0.05) is 20.3 Å². The summed E-state index contributed by atoms with van der Waals surface area (Å²) in [5.41, 5.74) is 0.488. The molecular formula is C14H24N4O3. The standard InChI is InChI=1S/C14H24N4O3/c1-9(2)12-13(18(19)20)14(17(4)16-12)21-11-8-6-5-7-10(11)15-3/h9-11,15H,5-8H2,1-4H3. The predicted molar refractivity (Wildman–Crippen MR) is 79.7 cm³/mol. The Labute approximate surface area is 124 Å². The Bertz CT molecular complexity index is 513. The number of rotatable bonds is 5. The van der Waals surface area contributed by atoms with E-state index in [4.69, 9.17) is 4.74 Å². The minimum absolute atomic E-state index is 0.00734. The molecule has 0 saturated heterocycles. The topological polar surface area (TPSA) is 82.2 Å². The van der Waals surface area contributed by atoms with E-state index >= 15 is 0 Å². The first-order chi connectivity index (χ1) is 9.95. The van der Waals surface area contributed by atoms with Crippen LogP contribution in [-0.4, -0.2) is 33.9 Å². The molecule has 1 N–H and O–H groups in total. The summed E-state index contributed by atoms with van der Waals surface area (Å²) in [6.45, 7) is 3.80. The molecule has 1 aliphatic rings. The monoisotopic (exact) mass is 296 g/mol. The van der Waals surface area contributed by atoms with Gasteiger partial charge in [-0.15, -0.1) is 0 Å². The lowest BCUT2D eigenvalue weighted by atomic mass is 9.92. The van der Waals surface area contributed by atoms with E-state index in [-0.39, 0.29) is 34.6 Å². The zero-order valence-electron chi connectivity index (χ0n) is 13.1. The number of nitrogens with one attached hydrogen (secondary N) is 1. The van der Waals surface area contributed by atoms with E-state index < -0.39 is 0 Å². The molecule has 1 aromatic heterocycles. The maximum Gasteiger partial charge on any atom is 0.353 e. The number of aryl methyl sites for hydroxylation is 1. The van der Waals surface area contributed by atoms with Gasteiger partial charge in [0.1, 0.15) is 11.8 Å². The lowest BCUT2D eigenvalue weighted by Gasteiger charge is -2.31. The molecule has 1 aromatic rings. The molecule has 0 aliphatic heterocycles. The summed E-state index contributed by atoms with van der Waals surface area (Å²) in [7, 11) is 3.61. The first-order valence-electron chi connectivity index (χ1n) is 7.50. The van der Waals surface area contributed by atoms with E-state index in [9.17, 15) is 10.1 Å². The van der Waals surface area contributed by atoms with Crippen molar-refractivity contribution in [3.63, 3.8) is 0 Å². The van der Waals surface area contributed by atoms with Crippen molar-refractivity contribution in [1.29, 1.82) is 0 Å². The zero-order valence-corrected chi connectivity index (χ0v) is 13.1. The van der Waals surface area contributed by atoms with Crippen molar-refractivity contribution in [2.45, 2.75) is 57.6 Å². The van der Waals surface area contributed by atoms with Crippen LogP contribution in [0.5, 0.6) is 5.88 Å². The molecule has 0 bridgehead atoms. The quantitative estimate of drug-likeness (QED) is 0.666. The van der Waals surface area contributed by atoms with Gasteiger partial charge in [-0.3, -0.25) is 10.1 Å². The van der Waals surface area contributed by atoms with Gasteiger partial charge in [-0.2, -0.15) is 5.10 Å². The van der Waals surface area contributed by atoms with E-state index in [1.54, 1.807) is 7.05 Å². The third-order valence-corrected chi connectivity index (χ3v) is 4.06. The Balaban J connectivity index is 2.32. The summed E-state index contributed by atoms with van der Waals surface area (Å²) in [5.74, 6) is 0.260. The SMILES string of the molecule is CNC1CCCCC1Oc1c([N+](=O)[O-])c(C(C)C)nn1C. The summed E-state index contributed by atoms with van der Waals surface area (Å²) in [6.07, 6.45) is 4.15. The Kier molecular flexibility index (Phi) is 4.82. The van der Waals surface area contributed by atoms with E-state index in [0.717, 1.165) is 25.7 Å². The van der Waals surface area contributed by atoms with Crippen molar-refractivity contribution in [3.05, 3.63) is 15.8 Å². The van der Waals surface area contributed by atoms with Crippen LogP contribution in [-0.2, 0) is 7.05 Å². The van der Waals surface area contributed by atoms with E-state index in [1.165, 1.54) is 4.68 Å². The van der Waals surface area contributed by atoms with Crippen molar-refractivity contribution in [2.24, 2.45) is 7.05 Å². The molecule has 0 spiro atoms. The van der Waals surface area contributed by atoms with Crippen molar-refractivity contribution in [1.82, 2.24) is 15.1 Å². The van der Waals surface area contributed by atoms with Crippen LogP contribution < -0.4 is 10.1 Å². The van der Waals surface area contributed by atoms with Crippen LogP contribution >= 0.6 is 0 Å². The summed E-state index contributed by atoms with van der Waals surface area (Å²) < 4.78 is 7.50. The van der Waals surface area contributed by atoms with Gasteiger partial charge < -0.3 is 10.1 Å². The minimum Gasteiger partial charge on any atom is -0.468 e.